The molecule has 0 aromatic heterocycles. The van der Waals surface area contributed by atoms with Crippen LogP contribution in [0.1, 0.15) is 10.4 Å². The van der Waals surface area contributed by atoms with Crippen molar-refractivity contribution in [3.63, 3.8) is 0 Å². The standard InChI is InChI=1S/C21H14Cl2/c22-21(23)19-13-12-15-7-2-4-10-17(15)20(19)18-11-5-8-14-6-1-3-9-16(14)18/h1-13,21H. The van der Waals surface area contributed by atoms with Crippen molar-refractivity contribution in [3.05, 3.63) is 84.4 Å². The summed E-state index contributed by atoms with van der Waals surface area (Å²) in [4.78, 5) is -0.562. The maximum Gasteiger partial charge on any atom is 0.133 e. The third-order valence-electron chi connectivity index (χ3n) is 4.26. The molecule has 0 unspecified atom stereocenters. The SMILES string of the molecule is ClC(Cl)c1ccc2ccccc2c1-c1cccc2ccccc12. The molecule has 2 heteroatoms. The normalized spacial score (nSPS) is 11.4. The minimum atomic E-state index is -0.562. The van der Waals surface area contributed by atoms with E-state index in [9.17, 15) is 0 Å². The Bertz CT molecular complexity index is 997. The number of halogens is 2. The highest BCUT2D eigenvalue weighted by Gasteiger charge is 2.16. The van der Waals surface area contributed by atoms with E-state index in [1.165, 1.54) is 27.1 Å². The Morgan fingerprint density at radius 1 is 0.565 bits per heavy atom. The minimum absolute atomic E-state index is 0.562. The molecule has 0 aliphatic heterocycles. The average molecular weight is 337 g/mol. The first-order valence-electron chi connectivity index (χ1n) is 7.53. The molecule has 4 rings (SSSR count). The number of hydrogen-bond donors (Lipinski definition) is 0. The summed E-state index contributed by atoms with van der Waals surface area (Å²) in [6.07, 6.45) is 0. The van der Waals surface area contributed by atoms with Crippen LogP contribution in [0.15, 0.2) is 78.9 Å². The molecule has 0 aliphatic carbocycles. The van der Waals surface area contributed by atoms with Gasteiger partial charge in [-0.1, -0.05) is 78.9 Å². The van der Waals surface area contributed by atoms with Crippen LogP contribution in [0.5, 0.6) is 0 Å². The predicted octanol–water partition coefficient (Wildman–Crippen LogP) is 7.14. The molecular formula is C21H14Cl2. The van der Waals surface area contributed by atoms with E-state index >= 15 is 0 Å². The van der Waals surface area contributed by atoms with Crippen molar-refractivity contribution in [1.82, 2.24) is 0 Å². The molecule has 0 amide bonds. The van der Waals surface area contributed by atoms with Crippen LogP contribution in [-0.2, 0) is 0 Å². The summed E-state index contributed by atoms with van der Waals surface area (Å²) in [5.41, 5.74) is 3.24. The molecule has 0 heterocycles. The first kappa shape index (κ1) is 14.6. The van der Waals surface area contributed by atoms with E-state index in [2.05, 4.69) is 66.7 Å². The monoisotopic (exact) mass is 336 g/mol. The molecule has 0 N–H and O–H groups in total. The summed E-state index contributed by atoms with van der Waals surface area (Å²) in [5.74, 6) is 0. The Morgan fingerprint density at radius 3 is 1.91 bits per heavy atom. The quantitative estimate of drug-likeness (QED) is 0.341. The predicted molar refractivity (Wildman–Crippen MR) is 101 cm³/mol. The topological polar surface area (TPSA) is 0 Å². The lowest BCUT2D eigenvalue weighted by Crippen LogP contribution is -1.92. The highest BCUT2D eigenvalue weighted by Crippen LogP contribution is 2.41. The second-order valence-corrected chi connectivity index (χ2v) is 6.67. The Hall–Kier alpha value is -2.02. The van der Waals surface area contributed by atoms with Gasteiger partial charge >= 0.3 is 0 Å². The Kier molecular flexibility index (Phi) is 3.72. The summed E-state index contributed by atoms with van der Waals surface area (Å²) < 4.78 is 0. The van der Waals surface area contributed by atoms with Crippen molar-refractivity contribution < 1.29 is 0 Å². The number of benzene rings is 4. The lowest BCUT2D eigenvalue weighted by molar-refractivity contribution is 1.37. The smallest absolute Gasteiger partial charge is 0.100 e. The highest BCUT2D eigenvalue weighted by molar-refractivity contribution is 6.44. The summed E-state index contributed by atoms with van der Waals surface area (Å²) in [6.45, 7) is 0. The van der Waals surface area contributed by atoms with Gasteiger partial charge in [0.05, 0.1) is 0 Å². The summed E-state index contributed by atoms with van der Waals surface area (Å²) in [6, 6.07) is 27.2. The zero-order chi connectivity index (χ0) is 15.8. The molecule has 112 valence electrons. The van der Waals surface area contributed by atoms with Gasteiger partial charge in [0.1, 0.15) is 4.84 Å². The molecule has 0 saturated carbocycles. The van der Waals surface area contributed by atoms with Crippen molar-refractivity contribution in [3.8, 4) is 11.1 Å². The first-order valence-corrected chi connectivity index (χ1v) is 8.41. The van der Waals surface area contributed by atoms with Gasteiger partial charge in [0.25, 0.3) is 0 Å². The van der Waals surface area contributed by atoms with Gasteiger partial charge in [-0.2, -0.15) is 0 Å². The number of hydrogen-bond acceptors (Lipinski definition) is 0. The van der Waals surface area contributed by atoms with E-state index in [1.807, 2.05) is 12.1 Å². The molecule has 4 aromatic rings. The molecule has 0 aliphatic rings. The molecule has 0 bridgehead atoms. The van der Waals surface area contributed by atoms with Crippen LogP contribution in [0.25, 0.3) is 32.7 Å². The molecule has 23 heavy (non-hydrogen) atoms. The van der Waals surface area contributed by atoms with Gasteiger partial charge in [0.15, 0.2) is 0 Å². The first-order chi connectivity index (χ1) is 11.3. The van der Waals surface area contributed by atoms with E-state index < -0.39 is 4.84 Å². The third-order valence-corrected chi connectivity index (χ3v) is 4.73. The molecule has 0 spiro atoms. The minimum Gasteiger partial charge on any atom is -0.100 e. The van der Waals surface area contributed by atoms with E-state index in [0.29, 0.717) is 0 Å². The molecule has 0 saturated heterocycles. The van der Waals surface area contributed by atoms with Crippen molar-refractivity contribution in [2.24, 2.45) is 0 Å². The summed E-state index contributed by atoms with van der Waals surface area (Å²) in [5, 5.41) is 4.78. The highest BCUT2D eigenvalue weighted by atomic mass is 35.5. The van der Waals surface area contributed by atoms with E-state index in [4.69, 9.17) is 23.2 Å². The molecule has 0 radical (unpaired) electrons. The second kappa shape index (κ2) is 5.88. The maximum absolute atomic E-state index is 6.28. The number of fused-ring (bicyclic) bond motifs is 2. The van der Waals surface area contributed by atoms with Gasteiger partial charge < -0.3 is 0 Å². The maximum atomic E-state index is 6.28. The van der Waals surface area contributed by atoms with Crippen molar-refractivity contribution in [2.45, 2.75) is 4.84 Å². The molecule has 4 aromatic carbocycles. The molecule has 0 nitrogen and oxygen atoms in total. The van der Waals surface area contributed by atoms with Crippen LogP contribution < -0.4 is 0 Å². The Labute approximate surface area is 145 Å². The van der Waals surface area contributed by atoms with Crippen LogP contribution in [0.3, 0.4) is 0 Å². The van der Waals surface area contributed by atoms with Gasteiger partial charge in [-0.15, -0.1) is 23.2 Å². The number of alkyl halides is 2. The zero-order valence-electron chi connectivity index (χ0n) is 12.3. The fraction of sp³-hybridized carbons (Fsp3) is 0.0476. The van der Waals surface area contributed by atoms with Gasteiger partial charge in [-0.25, -0.2) is 0 Å². The van der Waals surface area contributed by atoms with Crippen LogP contribution in [0.4, 0.5) is 0 Å². The largest absolute Gasteiger partial charge is 0.133 e. The van der Waals surface area contributed by atoms with Crippen molar-refractivity contribution in [2.75, 3.05) is 0 Å². The fourth-order valence-electron chi connectivity index (χ4n) is 3.21. The third kappa shape index (κ3) is 2.49. The van der Waals surface area contributed by atoms with Gasteiger partial charge in [0, 0.05) is 0 Å². The van der Waals surface area contributed by atoms with Crippen LogP contribution >= 0.6 is 23.2 Å². The van der Waals surface area contributed by atoms with E-state index in [1.54, 1.807) is 0 Å². The lowest BCUT2D eigenvalue weighted by atomic mass is 9.90. The van der Waals surface area contributed by atoms with Crippen molar-refractivity contribution in [1.29, 1.82) is 0 Å². The molecular weight excluding hydrogens is 323 g/mol. The van der Waals surface area contributed by atoms with Gasteiger partial charge in [-0.05, 0) is 38.2 Å². The fourth-order valence-corrected chi connectivity index (χ4v) is 3.58. The molecule has 0 atom stereocenters. The van der Waals surface area contributed by atoms with Gasteiger partial charge in [0.2, 0.25) is 0 Å². The Balaban J connectivity index is 2.17. The Morgan fingerprint density at radius 2 is 1.17 bits per heavy atom. The zero-order valence-corrected chi connectivity index (χ0v) is 13.9. The van der Waals surface area contributed by atoms with Crippen LogP contribution in [0.2, 0.25) is 0 Å². The molecule has 0 fully saturated rings. The summed E-state index contributed by atoms with van der Waals surface area (Å²) in [7, 11) is 0. The van der Waals surface area contributed by atoms with Crippen LogP contribution in [0, 0.1) is 0 Å². The lowest BCUT2D eigenvalue weighted by Gasteiger charge is -2.16. The average Bonchev–Trinajstić information content (AvgIpc) is 2.60. The van der Waals surface area contributed by atoms with E-state index in [0.717, 1.165) is 11.1 Å². The van der Waals surface area contributed by atoms with Crippen LogP contribution in [-0.4, -0.2) is 0 Å². The summed E-state index contributed by atoms with van der Waals surface area (Å²) >= 11 is 12.6. The van der Waals surface area contributed by atoms with E-state index in [-0.39, 0.29) is 0 Å². The van der Waals surface area contributed by atoms with Crippen molar-refractivity contribution >= 4 is 44.7 Å². The second-order valence-electron chi connectivity index (χ2n) is 5.58. The van der Waals surface area contributed by atoms with Gasteiger partial charge in [-0.3, -0.25) is 0 Å². The number of rotatable bonds is 2.